The number of amides is 2. The number of ether oxygens (including phenoxy) is 2. The molecule has 0 aromatic heterocycles. The third-order valence-corrected chi connectivity index (χ3v) is 4.09. The van der Waals surface area contributed by atoms with E-state index in [9.17, 15) is 9.59 Å². The Morgan fingerprint density at radius 3 is 2.80 bits per heavy atom. The summed E-state index contributed by atoms with van der Waals surface area (Å²) < 4.78 is 10.2. The molecule has 1 aliphatic rings. The van der Waals surface area contributed by atoms with Gasteiger partial charge in [0.2, 0.25) is 0 Å². The van der Waals surface area contributed by atoms with Crippen molar-refractivity contribution in [2.45, 2.75) is 13.3 Å². The average Bonchev–Trinajstić information content (AvgIpc) is 2.61. The van der Waals surface area contributed by atoms with Crippen LogP contribution in [0.5, 0.6) is 0 Å². The van der Waals surface area contributed by atoms with E-state index in [-0.39, 0.29) is 23.2 Å². The Hall–Kier alpha value is -1.83. The van der Waals surface area contributed by atoms with Gasteiger partial charge in [0.1, 0.15) is 0 Å². The molecule has 0 saturated carbocycles. The maximum atomic E-state index is 12.0. The van der Waals surface area contributed by atoms with Crippen LogP contribution in [0, 0.1) is 0 Å². The first kappa shape index (κ1) is 19.5. The van der Waals surface area contributed by atoms with Crippen LogP contribution in [0.15, 0.2) is 18.2 Å². The first-order chi connectivity index (χ1) is 12.1. The molecule has 2 N–H and O–H groups in total. The molecule has 1 heterocycles. The summed E-state index contributed by atoms with van der Waals surface area (Å²) in [4.78, 5) is 26.1. The molecular weight excluding hydrogens is 346 g/mol. The lowest BCUT2D eigenvalue weighted by Crippen LogP contribution is -2.38. The van der Waals surface area contributed by atoms with Crippen LogP contribution in [0.1, 0.15) is 23.7 Å². The number of urea groups is 1. The number of carbonyl (C=O) groups is 2. The molecule has 1 fully saturated rings. The third-order valence-electron chi connectivity index (χ3n) is 3.76. The highest BCUT2D eigenvalue weighted by molar-refractivity contribution is 6.33. The minimum absolute atomic E-state index is 0.230. The van der Waals surface area contributed by atoms with Crippen molar-refractivity contribution in [3.63, 3.8) is 0 Å². The molecule has 0 unspecified atom stereocenters. The number of hydrogen-bond acceptors (Lipinski definition) is 5. The standard InChI is InChI=1S/C17H24ClN3O4/c1-2-25-16(22)14-12-13(4-5-15(14)18)20-17(23)19-6-3-7-21-8-10-24-11-9-21/h4-5,12H,2-3,6-11H2,1H3,(H2,19,20,23). The molecule has 1 saturated heterocycles. The Morgan fingerprint density at radius 1 is 1.32 bits per heavy atom. The van der Waals surface area contributed by atoms with Gasteiger partial charge in [-0.2, -0.15) is 0 Å². The number of morpholine rings is 1. The Kier molecular flexibility index (Phi) is 7.97. The Morgan fingerprint density at radius 2 is 2.08 bits per heavy atom. The second kappa shape index (κ2) is 10.2. The van der Waals surface area contributed by atoms with Crippen molar-refractivity contribution in [1.29, 1.82) is 0 Å². The number of halogens is 1. The highest BCUT2D eigenvalue weighted by Crippen LogP contribution is 2.21. The third kappa shape index (κ3) is 6.53. The first-order valence-electron chi connectivity index (χ1n) is 8.41. The summed E-state index contributed by atoms with van der Waals surface area (Å²) in [6, 6.07) is 4.38. The van der Waals surface area contributed by atoms with E-state index < -0.39 is 5.97 Å². The lowest BCUT2D eigenvalue weighted by Gasteiger charge is -2.26. The highest BCUT2D eigenvalue weighted by atomic mass is 35.5. The smallest absolute Gasteiger partial charge is 0.339 e. The van der Waals surface area contributed by atoms with E-state index in [2.05, 4.69) is 15.5 Å². The summed E-state index contributed by atoms with van der Waals surface area (Å²) in [6.07, 6.45) is 0.863. The summed E-state index contributed by atoms with van der Waals surface area (Å²) in [7, 11) is 0. The lowest BCUT2D eigenvalue weighted by molar-refractivity contribution is 0.0375. The lowest BCUT2D eigenvalue weighted by atomic mass is 10.2. The molecule has 0 spiro atoms. The van der Waals surface area contributed by atoms with Crippen LogP contribution in [0.3, 0.4) is 0 Å². The normalized spacial score (nSPS) is 14.8. The van der Waals surface area contributed by atoms with Crippen LogP contribution < -0.4 is 10.6 Å². The summed E-state index contributed by atoms with van der Waals surface area (Å²) in [5.74, 6) is -0.512. The minimum Gasteiger partial charge on any atom is -0.462 e. The van der Waals surface area contributed by atoms with Gasteiger partial charge in [-0.15, -0.1) is 0 Å². The van der Waals surface area contributed by atoms with Crippen molar-refractivity contribution in [2.75, 3.05) is 51.3 Å². The van der Waals surface area contributed by atoms with Crippen LogP contribution in [0.2, 0.25) is 5.02 Å². The topological polar surface area (TPSA) is 79.9 Å². The molecule has 2 rings (SSSR count). The average molecular weight is 370 g/mol. The van der Waals surface area contributed by atoms with Gasteiger partial charge in [0.25, 0.3) is 0 Å². The van der Waals surface area contributed by atoms with E-state index in [1.165, 1.54) is 6.07 Å². The van der Waals surface area contributed by atoms with E-state index in [4.69, 9.17) is 21.1 Å². The highest BCUT2D eigenvalue weighted by Gasteiger charge is 2.13. The zero-order valence-corrected chi connectivity index (χ0v) is 15.1. The molecule has 0 atom stereocenters. The van der Waals surface area contributed by atoms with Gasteiger partial charge in [0, 0.05) is 25.3 Å². The number of carbonyl (C=O) groups excluding carboxylic acids is 2. The Labute approximate surface area is 152 Å². The van der Waals surface area contributed by atoms with Gasteiger partial charge < -0.3 is 20.1 Å². The molecule has 1 aromatic carbocycles. The summed E-state index contributed by atoms with van der Waals surface area (Å²) >= 11 is 6.00. The van der Waals surface area contributed by atoms with Crippen LogP contribution in [-0.4, -0.2) is 62.9 Å². The van der Waals surface area contributed by atoms with E-state index >= 15 is 0 Å². The van der Waals surface area contributed by atoms with Crippen LogP contribution in [0.25, 0.3) is 0 Å². The number of esters is 1. The van der Waals surface area contributed by atoms with E-state index in [0.29, 0.717) is 12.2 Å². The van der Waals surface area contributed by atoms with Crippen LogP contribution in [0.4, 0.5) is 10.5 Å². The van der Waals surface area contributed by atoms with Crippen molar-refractivity contribution >= 4 is 29.3 Å². The second-order valence-electron chi connectivity index (χ2n) is 5.60. The number of benzene rings is 1. The van der Waals surface area contributed by atoms with E-state index in [0.717, 1.165) is 39.3 Å². The molecule has 0 bridgehead atoms. The van der Waals surface area contributed by atoms with Crippen molar-refractivity contribution in [3.8, 4) is 0 Å². The largest absolute Gasteiger partial charge is 0.462 e. The van der Waals surface area contributed by atoms with E-state index in [1.54, 1.807) is 19.1 Å². The molecular formula is C17H24ClN3O4. The van der Waals surface area contributed by atoms with Gasteiger partial charge in [-0.25, -0.2) is 9.59 Å². The summed E-state index contributed by atoms with van der Waals surface area (Å²) in [5.41, 5.74) is 0.715. The van der Waals surface area contributed by atoms with Crippen molar-refractivity contribution in [1.82, 2.24) is 10.2 Å². The Bertz CT molecular complexity index is 591. The summed E-state index contributed by atoms with van der Waals surface area (Å²) in [5, 5.41) is 5.78. The molecule has 1 aliphatic heterocycles. The molecule has 1 aromatic rings. The SMILES string of the molecule is CCOC(=O)c1cc(NC(=O)NCCCN2CCOCC2)ccc1Cl. The van der Waals surface area contributed by atoms with Crippen LogP contribution >= 0.6 is 11.6 Å². The van der Waals surface area contributed by atoms with Gasteiger partial charge >= 0.3 is 12.0 Å². The number of anilines is 1. The van der Waals surface area contributed by atoms with Gasteiger partial charge in [-0.3, -0.25) is 4.90 Å². The molecule has 25 heavy (non-hydrogen) atoms. The number of hydrogen-bond donors (Lipinski definition) is 2. The number of nitrogens with one attached hydrogen (secondary N) is 2. The first-order valence-corrected chi connectivity index (χ1v) is 8.79. The van der Waals surface area contributed by atoms with Gasteiger partial charge in [-0.1, -0.05) is 11.6 Å². The zero-order valence-electron chi connectivity index (χ0n) is 14.3. The van der Waals surface area contributed by atoms with Crippen LogP contribution in [-0.2, 0) is 9.47 Å². The van der Waals surface area contributed by atoms with Gasteiger partial charge in [-0.05, 0) is 38.1 Å². The van der Waals surface area contributed by atoms with E-state index in [1.807, 2.05) is 0 Å². The molecule has 2 amide bonds. The maximum Gasteiger partial charge on any atom is 0.339 e. The maximum absolute atomic E-state index is 12.0. The summed E-state index contributed by atoms with van der Waals surface area (Å²) in [6.45, 7) is 6.90. The predicted octanol–water partition coefficient (Wildman–Crippen LogP) is 2.36. The van der Waals surface area contributed by atoms with Crippen molar-refractivity contribution < 1.29 is 19.1 Å². The molecule has 138 valence electrons. The van der Waals surface area contributed by atoms with Crippen molar-refractivity contribution in [3.05, 3.63) is 28.8 Å². The number of rotatable bonds is 7. The quantitative estimate of drug-likeness (QED) is 0.569. The fourth-order valence-corrected chi connectivity index (χ4v) is 2.67. The minimum atomic E-state index is -0.512. The molecule has 7 nitrogen and oxygen atoms in total. The Balaban J connectivity index is 1.76. The van der Waals surface area contributed by atoms with Gasteiger partial charge in [0.15, 0.2) is 0 Å². The number of nitrogens with zero attached hydrogens (tertiary/aromatic N) is 1. The molecule has 0 radical (unpaired) electrons. The predicted molar refractivity (Wildman–Crippen MR) is 96.3 cm³/mol. The molecule has 8 heteroatoms. The fraction of sp³-hybridized carbons (Fsp3) is 0.529. The van der Waals surface area contributed by atoms with Gasteiger partial charge in [0.05, 0.1) is 30.4 Å². The fourth-order valence-electron chi connectivity index (χ4n) is 2.47. The van der Waals surface area contributed by atoms with Crippen molar-refractivity contribution in [2.24, 2.45) is 0 Å². The molecule has 0 aliphatic carbocycles. The second-order valence-corrected chi connectivity index (χ2v) is 6.01. The monoisotopic (exact) mass is 369 g/mol. The zero-order chi connectivity index (χ0) is 18.1.